The SMILES string of the molecule is CCCOc1cc(Br)c(CNC(CC(C)C)C(=O)O)cc1OC. The lowest BCUT2D eigenvalue weighted by molar-refractivity contribution is -0.140. The maximum Gasteiger partial charge on any atom is 0.320 e. The first kappa shape index (κ1) is 19.8. The molecular weight excluding hydrogens is 362 g/mol. The number of aliphatic carboxylic acids is 1. The first-order chi connectivity index (χ1) is 10.9. The van der Waals surface area contributed by atoms with E-state index < -0.39 is 12.0 Å². The number of ether oxygens (including phenoxy) is 2. The molecule has 6 heteroatoms. The highest BCUT2D eigenvalue weighted by atomic mass is 79.9. The highest BCUT2D eigenvalue weighted by Crippen LogP contribution is 2.33. The van der Waals surface area contributed by atoms with Crippen LogP contribution >= 0.6 is 15.9 Å². The molecule has 1 aromatic rings. The van der Waals surface area contributed by atoms with Crippen LogP contribution in [-0.2, 0) is 11.3 Å². The van der Waals surface area contributed by atoms with Crippen LogP contribution in [0.2, 0.25) is 0 Å². The predicted molar refractivity (Wildman–Crippen MR) is 94.2 cm³/mol. The number of carboxylic acids is 1. The van der Waals surface area contributed by atoms with E-state index in [9.17, 15) is 9.90 Å². The van der Waals surface area contributed by atoms with Crippen LogP contribution in [-0.4, -0.2) is 30.8 Å². The van der Waals surface area contributed by atoms with Crippen LogP contribution in [0.5, 0.6) is 11.5 Å². The second-order valence-electron chi connectivity index (χ2n) is 5.84. The fourth-order valence-electron chi connectivity index (χ4n) is 2.17. The molecule has 0 saturated heterocycles. The summed E-state index contributed by atoms with van der Waals surface area (Å²) in [6.07, 6.45) is 1.50. The average Bonchev–Trinajstić information content (AvgIpc) is 2.49. The van der Waals surface area contributed by atoms with Gasteiger partial charge in [-0.2, -0.15) is 0 Å². The van der Waals surface area contributed by atoms with Crippen LogP contribution in [0, 0.1) is 5.92 Å². The van der Waals surface area contributed by atoms with E-state index in [-0.39, 0.29) is 0 Å². The second-order valence-corrected chi connectivity index (χ2v) is 6.70. The van der Waals surface area contributed by atoms with Crippen molar-refractivity contribution in [3.05, 3.63) is 22.2 Å². The van der Waals surface area contributed by atoms with Gasteiger partial charge < -0.3 is 19.9 Å². The number of benzene rings is 1. The normalized spacial score (nSPS) is 12.3. The lowest BCUT2D eigenvalue weighted by Gasteiger charge is -2.18. The number of carbonyl (C=O) groups is 1. The molecule has 0 aliphatic heterocycles. The van der Waals surface area contributed by atoms with Crippen molar-refractivity contribution in [2.24, 2.45) is 5.92 Å². The first-order valence-corrected chi connectivity index (χ1v) is 8.63. The smallest absolute Gasteiger partial charge is 0.320 e. The predicted octanol–water partition coefficient (Wildman–Crippen LogP) is 3.84. The standard InChI is InChI=1S/C17H26BrNO4/c1-5-6-23-16-9-13(18)12(8-15(16)22-4)10-19-14(17(20)21)7-11(2)3/h8-9,11,14,19H,5-7,10H2,1-4H3,(H,20,21). The molecule has 0 heterocycles. The summed E-state index contributed by atoms with van der Waals surface area (Å²) >= 11 is 3.52. The second kappa shape index (κ2) is 9.78. The van der Waals surface area contributed by atoms with E-state index in [1.54, 1.807) is 7.11 Å². The number of methoxy groups -OCH3 is 1. The van der Waals surface area contributed by atoms with Gasteiger partial charge in [0.25, 0.3) is 0 Å². The van der Waals surface area contributed by atoms with Crippen LogP contribution < -0.4 is 14.8 Å². The minimum absolute atomic E-state index is 0.311. The maximum absolute atomic E-state index is 11.3. The van der Waals surface area contributed by atoms with Gasteiger partial charge in [0, 0.05) is 11.0 Å². The number of rotatable bonds is 10. The minimum atomic E-state index is -0.829. The molecule has 0 aromatic heterocycles. The van der Waals surface area contributed by atoms with Crippen LogP contribution in [0.15, 0.2) is 16.6 Å². The molecule has 1 aromatic carbocycles. The number of carboxylic acid groups (broad SMARTS) is 1. The number of hydrogen-bond acceptors (Lipinski definition) is 4. The Kier molecular flexibility index (Phi) is 8.41. The summed E-state index contributed by atoms with van der Waals surface area (Å²) in [7, 11) is 1.60. The topological polar surface area (TPSA) is 67.8 Å². The summed E-state index contributed by atoms with van der Waals surface area (Å²) in [5, 5.41) is 12.4. The van der Waals surface area contributed by atoms with Gasteiger partial charge in [-0.3, -0.25) is 4.79 Å². The molecule has 0 amide bonds. The minimum Gasteiger partial charge on any atom is -0.493 e. The summed E-state index contributed by atoms with van der Waals surface area (Å²) in [6.45, 7) is 7.12. The molecule has 23 heavy (non-hydrogen) atoms. The molecule has 0 aliphatic carbocycles. The molecule has 0 saturated carbocycles. The lowest BCUT2D eigenvalue weighted by Crippen LogP contribution is -2.37. The fourth-order valence-corrected chi connectivity index (χ4v) is 2.64. The highest BCUT2D eigenvalue weighted by molar-refractivity contribution is 9.10. The van der Waals surface area contributed by atoms with E-state index in [1.165, 1.54) is 0 Å². The summed E-state index contributed by atoms with van der Waals surface area (Å²) in [5.74, 6) is 0.812. The van der Waals surface area contributed by atoms with Gasteiger partial charge in [0.05, 0.1) is 13.7 Å². The highest BCUT2D eigenvalue weighted by Gasteiger charge is 2.19. The summed E-state index contributed by atoms with van der Waals surface area (Å²) in [5.41, 5.74) is 0.931. The summed E-state index contributed by atoms with van der Waals surface area (Å²) in [6, 6.07) is 3.17. The zero-order valence-corrected chi connectivity index (χ0v) is 15.8. The monoisotopic (exact) mass is 387 g/mol. The van der Waals surface area contributed by atoms with Crippen molar-refractivity contribution in [3.63, 3.8) is 0 Å². The Morgan fingerprint density at radius 3 is 2.57 bits per heavy atom. The third-order valence-corrected chi connectivity index (χ3v) is 4.08. The first-order valence-electron chi connectivity index (χ1n) is 7.84. The fraction of sp³-hybridized carbons (Fsp3) is 0.588. The van der Waals surface area contributed by atoms with Crippen molar-refractivity contribution in [3.8, 4) is 11.5 Å². The number of nitrogens with one attached hydrogen (secondary N) is 1. The molecule has 0 fully saturated rings. The Morgan fingerprint density at radius 1 is 1.35 bits per heavy atom. The van der Waals surface area contributed by atoms with E-state index in [2.05, 4.69) is 21.2 Å². The average molecular weight is 388 g/mol. The molecular formula is C17H26BrNO4. The largest absolute Gasteiger partial charge is 0.493 e. The Bertz CT molecular complexity index is 520. The third kappa shape index (κ3) is 6.39. The quantitative estimate of drug-likeness (QED) is 0.638. The van der Waals surface area contributed by atoms with Gasteiger partial charge in [0.15, 0.2) is 11.5 Å². The van der Waals surface area contributed by atoms with Crippen molar-refractivity contribution in [2.45, 2.75) is 46.2 Å². The van der Waals surface area contributed by atoms with Crippen molar-refractivity contribution in [2.75, 3.05) is 13.7 Å². The van der Waals surface area contributed by atoms with Crippen LogP contribution in [0.1, 0.15) is 39.2 Å². The van der Waals surface area contributed by atoms with Gasteiger partial charge in [0.1, 0.15) is 6.04 Å². The van der Waals surface area contributed by atoms with E-state index in [0.717, 1.165) is 16.5 Å². The van der Waals surface area contributed by atoms with Gasteiger partial charge in [-0.05, 0) is 36.5 Å². The Hall–Kier alpha value is -1.27. The summed E-state index contributed by atoms with van der Waals surface area (Å²) < 4.78 is 11.9. The van der Waals surface area contributed by atoms with Crippen LogP contribution in [0.3, 0.4) is 0 Å². The van der Waals surface area contributed by atoms with Crippen molar-refractivity contribution < 1.29 is 19.4 Å². The Morgan fingerprint density at radius 2 is 2.04 bits per heavy atom. The molecule has 5 nitrogen and oxygen atoms in total. The van der Waals surface area contributed by atoms with Crippen LogP contribution in [0.4, 0.5) is 0 Å². The third-order valence-electron chi connectivity index (χ3n) is 3.34. The van der Waals surface area contributed by atoms with Crippen LogP contribution in [0.25, 0.3) is 0 Å². The maximum atomic E-state index is 11.3. The van der Waals surface area contributed by atoms with E-state index in [1.807, 2.05) is 32.9 Å². The van der Waals surface area contributed by atoms with Crippen molar-refractivity contribution in [1.82, 2.24) is 5.32 Å². The molecule has 2 N–H and O–H groups in total. The lowest BCUT2D eigenvalue weighted by atomic mass is 10.0. The molecule has 130 valence electrons. The molecule has 0 aliphatic rings. The zero-order chi connectivity index (χ0) is 17.4. The summed E-state index contributed by atoms with van der Waals surface area (Å²) in [4.78, 5) is 11.3. The molecule has 0 bridgehead atoms. The molecule has 0 spiro atoms. The Balaban J connectivity index is 2.85. The molecule has 1 unspecified atom stereocenters. The molecule has 1 atom stereocenters. The molecule has 0 radical (unpaired) electrons. The van der Waals surface area contributed by atoms with Gasteiger partial charge in [-0.15, -0.1) is 0 Å². The van der Waals surface area contributed by atoms with E-state index in [0.29, 0.717) is 37.0 Å². The van der Waals surface area contributed by atoms with Gasteiger partial charge in [0.2, 0.25) is 0 Å². The Labute approximate surface area is 146 Å². The zero-order valence-electron chi connectivity index (χ0n) is 14.2. The van der Waals surface area contributed by atoms with E-state index in [4.69, 9.17) is 9.47 Å². The van der Waals surface area contributed by atoms with Crippen molar-refractivity contribution >= 4 is 21.9 Å². The number of halogens is 1. The van der Waals surface area contributed by atoms with Gasteiger partial charge in [-0.1, -0.05) is 36.7 Å². The molecule has 1 rings (SSSR count). The van der Waals surface area contributed by atoms with Crippen molar-refractivity contribution in [1.29, 1.82) is 0 Å². The van der Waals surface area contributed by atoms with E-state index >= 15 is 0 Å². The van der Waals surface area contributed by atoms with Gasteiger partial charge in [-0.25, -0.2) is 0 Å². The number of hydrogen-bond donors (Lipinski definition) is 2. The van der Waals surface area contributed by atoms with Gasteiger partial charge >= 0.3 is 5.97 Å².